The van der Waals surface area contributed by atoms with Crippen molar-refractivity contribution in [3.63, 3.8) is 0 Å². The van der Waals surface area contributed by atoms with Gasteiger partial charge in [0.1, 0.15) is 5.75 Å². The summed E-state index contributed by atoms with van der Waals surface area (Å²) in [4.78, 5) is 12.3. The predicted molar refractivity (Wildman–Crippen MR) is 98.8 cm³/mol. The summed E-state index contributed by atoms with van der Waals surface area (Å²) in [6, 6.07) is 10.0. The predicted octanol–water partition coefficient (Wildman–Crippen LogP) is 5.63. The molecule has 3 nitrogen and oxygen atoms in total. The van der Waals surface area contributed by atoms with Gasteiger partial charge in [-0.1, -0.05) is 23.7 Å². The quantitative estimate of drug-likeness (QED) is 0.679. The van der Waals surface area contributed by atoms with Crippen LogP contribution < -0.4 is 10.1 Å². The molecule has 0 aliphatic carbocycles. The fourth-order valence-corrected chi connectivity index (χ4v) is 3.28. The summed E-state index contributed by atoms with van der Waals surface area (Å²) in [6.07, 6.45) is -4.53. The molecule has 0 saturated carbocycles. The van der Waals surface area contributed by atoms with E-state index in [4.69, 9.17) is 16.3 Å². The number of anilines is 1. The van der Waals surface area contributed by atoms with Crippen molar-refractivity contribution in [3.05, 3.63) is 58.6 Å². The number of methoxy groups -OCH3 is 1. The monoisotopic (exact) mass is 403 g/mol. The number of carbonyl (C=O) groups excluding carboxylic acids is 1. The minimum absolute atomic E-state index is 0.252. The van der Waals surface area contributed by atoms with Gasteiger partial charge in [0.15, 0.2) is 0 Å². The van der Waals surface area contributed by atoms with E-state index in [9.17, 15) is 18.0 Å². The second-order valence-corrected chi connectivity index (χ2v) is 7.21. The van der Waals surface area contributed by atoms with Gasteiger partial charge in [-0.2, -0.15) is 13.2 Å². The molecule has 1 atom stereocenters. The van der Waals surface area contributed by atoms with E-state index in [-0.39, 0.29) is 5.69 Å². The minimum Gasteiger partial charge on any atom is -0.496 e. The van der Waals surface area contributed by atoms with Gasteiger partial charge in [-0.3, -0.25) is 4.79 Å². The van der Waals surface area contributed by atoms with E-state index in [1.54, 1.807) is 25.1 Å². The van der Waals surface area contributed by atoms with Crippen molar-refractivity contribution in [2.45, 2.75) is 24.1 Å². The Bertz CT molecular complexity index is 783. The first-order valence-electron chi connectivity index (χ1n) is 7.63. The zero-order valence-electron chi connectivity index (χ0n) is 14.1. The Morgan fingerprint density at radius 2 is 1.96 bits per heavy atom. The van der Waals surface area contributed by atoms with Crippen molar-refractivity contribution < 1.29 is 22.7 Å². The molecular weight excluding hydrogens is 387 g/mol. The molecule has 0 fully saturated rings. The van der Waals surface area contributed by atoms with E-state index >= 15 is 0 Å². The fourth-order valence-electron chi connectivity index (χ4n) is 2.22. The summed E-state index contributed by atoms with van der Waals surface area (Å²) in [5.41, 5.74) is -0.319. The van der Waals surface area contributed by atoms with E-state index in [1.807, 2.05) is 0 Å². The molecule has 0 aromatic heterocycles. The molecule has 0 aliphatic rings. The summed E-state index contributed by atoms with van der Waals surface area (Å²) < 4.78 is 44.3. The summed E-state index contributed by atoms with van der Waals surface area (Å²) in [5.74, 6) is 0.559. The van der Waals surface area contributed by atoms with E-state index in [2.05, 4.69) is 5.32 Å². The average Bonchev–Trinajstić information content (AvgIpc) is 2.59. The van der Waals surface area contributed by atoms with Gasteiger partial charge < -0.3 is 10.1 Å². The van der Waals surface area contributed by atoms with Crippen LogP contribution in [0.3, 0.4) is 0 Å². The van der Waals surface area contributed by atoms with Gasteiger partial charge in [0.05, 0.1) is 23.6 Å². The number of para-hydroxylation sites is 1. The van der Waals surface area contributed by atoms with E-state index < -0.39 is 22.9 Å². The number of hydrogen-bond acceptors (Lipinski definition) is 3. The Balaban J connectivity index is 2.04. The lowest BCUT2D eigenvalue weighted by molar-refractivity contribution is -0.137. The van der Waals surface area contributed by atoms with Gasteiger partial charge in [0.25, 0.3) is 0 Å². The molecule has 1 amide bonds. The highest BCUT2D eigenvalue weighted by Gasteiger charge is 2.33. The van der Waals surface area contributed by atoms with E-state index in [0.717, 1.165) is 11.6 Å². The van der Waals surface area contributed by atoms with Crippen molar-refractivity contribution in [1.29, 1.82) is 0 Å². The number of carbonyl (C=O) groups is 1. The van der Waals surface area contributed by atoms with Crippen LogP contribution in [0.5, 0.6) is 5.75 Å². The van der Waals surface area contributed by atoms with Crippen molar-refractivity contribution in [2.24, 2.45) is 0 Å². The Morgan fingerprint density at radius 3 is 2.62 bits per heavy atom. The second-order valence-electron chi connectivity index (χ2n) is 5.44. The molecule has 2 aromatic rings. The highest BCUT2D eigenvalue weighted by atomic mass is 35.5. The van der Waals surface area contributed by atoms with Gasteiger partial charge in [-0.05, 0) is 37.3 Å². The zero-order valence-corrected chi connectivity index (χ0v) is 15.6. The summed E-state index contributed by atoms with van der Waals surface area (Å²) >= 11 is 7.24. The van der Waals surface area contributed by atoms with E-state index in [1.165, 1.54) is 37.1 Å². The summed E-state index contributed by atoms with van der Waals surface area (Å²) in [7, 11) is 1.53. The lowest BCUT2D eigenvalue weighted by Gasteiger charge is -2.16. The molecule has 0 saturated heterocycles. The molecule has 8 heteroatoms. The molecule has 0 aliphatic heterocycles. The van der Waals surface area contributed by atoms with Crippen LogP contribution in [0.25, 0.3) is 0 Å². The van der Waals surface area contributed by atoms with Crippen LogP contribution in [-0.4, -0.2) is 18.3 Å². The van der Waals surface area contributed by atoms with Crippen LogP contribution in [-0.2, 0) is 16.7 Å². The molecule has 26 heavy (non-hydrogen) atoms. The number of ether oxygens (including phenoxy) is 1. The number of halogens is 4. The first-order chi connectivity index (χ1) is 12.2. The number of nitrogens with one attached hydrogen (secondary N) is 1. The van der Waals surface area contributed by atoms with Crippen LogP contribution in [0.1, 0.15) is 18.1 Å². The lowest BCUT2D eigenvalue weighted by atomic mass is 10.1. The molecular formula is C18H17ClF3NO2S. The van der Waals surface area contributed by atoms with Gasteiger partial charge in [0.2, 0.25) is 5.91 Å². The molecule has 1 unspecified atom stereocenters. The maximum atomic E-state index is 13.0. The first-order valence-corrected chi connectivity index (χ1v) is 9.06. The maximum absolute atomic E-state index is 13.0. The van der Waals surface area contributed by atoms with Gasteiger partial charge >= 0.3 is 6.18 Å². The number of thioether (sulfide) groups is 1. The number of amides is 1. The molecule has 0 heterocycles. The van der Waals surface area contributed by atoms with Crippen LogP contribution >= 0.6 is 23.4 Å². The van der Waals surface area contributed by atoms with Crippen LogP contribution in [0.4, 0.5) is 18.9 Å². The SMILES string of the molecule is COc1ccc(Cl)cc1CSC(C)C(=O)Nc1ccccc1C(F)(F)F. The third kappa shape index (κ3) is 5.32. The number of alkyl halides is 3. The third-order valence-electron chi connectivity index (χ3n) is 3.59. The summed E-state index contributed by atoms with van der Waals surface area (Å²) in [6.45, 7) is 1.63. The lowest BCUT2D eigenvalue weighted by Crippen LogP contribution is -2.24. The number of benzene rings is 2. The Morgan fingerprint density at radius 1 is 1.27 bits per heavy atom. The Labute approximate surface area is 158 Å². The topological polar surface area (TPSA) is 38.3 Å². The molecule has 1 N–H and O–H groups in total. The molecule has 0 bridgehead atoms. The first kappa shape index (κ1) is 20.5. The molecule has 0 radical (unpaired) electrons. The molecule has 2 rings (SSSR count). The third-order valence-corrected chi connectivity index (χ3v) is 5.02. The van der Waals surface area contributed by atoms with Crippen molar-refractivity contribution >= 4 is 35.0 Å². The second kappa shape index (κ2) is 8.68. The Kier molecular flexibility index (Phi) is 6.83. The largest absolute Gasteiger partial charge is 0.496 e. The standard InChI is InChI=1S/C18H17ClF3NO2S/c1-11(26-10-12-9-13(19)7-8-16(12)25-2)17(24)23-15-6-4-3-5-14(15)18(20,21)22/h3-9,11H,10H2,1-2H3,(H,23,24). The Hall–Kier alpha value is -1.86. The number of hydrogen-bond donors (Lipinski definition) is 1. The van der Waals surface area contributed by atoms with Gasteiger partial charge in [0, 0.05) is 16.3 Å². The number of rotatable bonds is 6. The molecule has 0 spiro atoms. The van der Waals surface area contributed by atoms with Crippen LogP contribution in [0.2, 0.25) is 5.02 Å². The normalized spacial score (nSPS) is 12.5. The van der Waals surface area contributed by atoms with Crippen LogP contribution in [0.15, 0.2) is 42.5 Å². The van der Waals surface area contributed by atoms with Gasteiger partial charge in [-0.25, -0.2) is 0 Å². The summed E-state index contributed by atoms with van der Waals surface area (Å²) in [5, 5.41) is 2.33. The highest BCUT2D eigenvalue weighted by Crippen LogP contribution is 2.35. The van der Waals surface area contributed by atoms with Crippen molar-refractivity contribution in [2.75, 3.05) is 12.4 Å². The zero-order chi connectivity index (χ0) is 19.3. The maximum Gasteiger partial charge on any atom is 0.418 e. The van der Waals surface area contributed by atoms with Crippen LogP contribution in [0, 0.1) is 0 Å². The highest BCUT2D eigenvalue weighted by molar-refractivity contribution is 7.99. The average molecular weight is 404 g/mol. The molecule has 140 valence electrons. The van der Waals surface area contributed by atoms with Crippen molar-refractivity contribution in [1.82, 2.24) is 0 Å². The fraction of sp³-hybridized carbons (Fsp3) is 0.278. The molecule has 2 aromatic carbocycles. The van der Waals surface area contributed by atoms with Crippen molar-refractivity contribution in [3.8, 4) is 5.75 Å². The van der Waals surface area contributed by atoms with E-state index in [0.29, 0.717) is 16.5 Å². The smallest absolute Gasteiger partial charge is 0.418 e. The minimum atomic E-state index is -4.53. The van der Waals surface area contributed by atoms with Gasteiger partial charge in [-0.15, -0.1) is 11.8 Å².